The number of halogens is 1. The minimum absolute atomic E-state index is 0.00367. The molecule has 0 aromatic heterocycles. The highest BCUT2D eigenvalue weighted by atomic mass is 32.2. The van der Waals surface area contributed by atoms with Crippen molar-refractivity contribution in [2.75, 3.05) is 11.9 Å². The number of hydrogen-bond donors (Lipinski definition) is 4. The van der Waals surface area contributed by atoms with Gasteiger partial charge in [-0.15, -0.1) is 0 Å². The third kappa shape index (κ3) is 6.12. The normalized spacial score (nSPS) is 15.1. The Kier molecular flexibility index (Phi) is 6.97. The second-order valence-electron chi connectivity index (χ2n) is 8.46. The lowest BCUT2D eigenvalue weighted by molar-refractivity contribution is -0.118. The van der Waals surface area contributed by atoms with Crippen LogP contribution in [-0.2, 0) is 14.8 Å². The Labute approximate surface area is 186 Å². The molecule has 0 radical (unpaired) electrons. The highest BCUT2D eigenvalue weighted by molar-refractivity contribution is 7.89. The fraction of sp³-hybridized carbons (Fsp3) is 0.364. The summed E-state index contributed by atoms with van der Waals surface area (Å²) in [6.45, 7) is 2.74. The van der Waals surface area contributed by atoms with E-state index in [0.29, 0.717) is 5.69 Å². The predicted octanol–water partition coefficient (Wildman–Crippen LogP) is 2.02. The van der Waals surface area contributed by atoms with Crippen molar-refractivity contribution in [3.8, 4) is 0 Å². The molecule has 2 aromatic rings. The number of amides is 2. The molecule has 32 heavy (non-hydrogen) atoms. The molecule has 1 saturated carbocycles. The maximum atomic E-state index is 13.1. The molecule has 4 N–H and O–H groups in total. The molecule has 3 rings (SSSR count). The number of hydrogen-bond acceptors (Lipinski definition) is 5. The number of sulfonamides is 1. The van der Waals surface area contributed by atoms with Gasteiger partial charge in [0.2, 0.25) is 15.9 Å². The number of benzene rings is 2. The fourth-order valence-corrected chi connectivity index (χ4v) is 4.45. The van der Waals surface area contributed by atoms with Gasteiger partial charge in [-0.05, 0) is 81.1 Å². The molecule has 1 aliphatic rings. The van der Waals surface area contributed by atoms with Crippen molar-refractivity contribution in [3.05, 3.63) is 59.9 Å². The summed E-state index contributed by atoms with van der Waals surface area (Å²) in [5.74, 6) is -1.35. The Hall–Kier alpha value is -2.82. The van der Waals surface area contributed by atoms with Crippen molar-refractivity contribution in [1.82, 2.24) is 10.0 Å². The average Bonchev–Trinajstić information content (AvgIpc) is 3.57. The van der Waals surface area contributed by atoms with E-state index in [1.165, 1.54) is 48.5 Å². The van der Waals surface area contributed by atoms with Gasteiger partial charge < -0.3 is 15.7 Å². The number of aliphatic hydroxyl groups is 1. The Bertz CT molecular complexity index is 1080. The van der Waals surface area contributed by atoms with Gasteiger partial charge in [0.25, 0.3) is 5.91 Å². The van der Waals surface area contributed by atoms with E-state index < -0.39 is 39.2 Å². The Morgan fingerprint density at radius 3 is 2.22 bits per heavy atom. The molecule has 0 bridgehead atoms. The summed E-state index contributed by atoms with van der Waals surface area (Å²) in [5, 5.41) is 14.7. The van der Waals surface area contributed by atoms with Gasteiger partial charge in [-0.25, -0.2) is 17.5 Å². The fourth-order valence-electron chi connectivity index (χ4n) is 3.05. The third-order valence-corrected chi connectivity index (χ3v) is 6.72. The Morgan fingerprint density at radius 2 is 1.69 bits per heavy atom. The van der Waals surface area contributed by atoms with Gasteiger partial charge in [0.1, 0.15) is 11.9 Å². The van der Waals surface area contributed by atoms with E-state index >= 15 is 0 Å². The van der Waals surface area contributed by atoms with Crippen LogP contribution in [0.2, 0.25) is 0 Å². The van der Waals surface area contributed by atoms with E-state index in [-0.39, 0.29) is 23.0 Å². The van der Waals surface area contributed by atoms with Crippen LogP contribution in [0.1, 0.15) is 37.0 Å². The van der Waals surface area contributed by atoms with Crippen LogP contribution in [-0.4, -0.2) is 43.5 Å². The summed E-state index contributed by atoms with van der Waals surface area (Å²) in [6, 6.07) is 9.86. The van der Waals surface area contributed by atoms with Crippen molar-refractivity contribution in [2.45, 2.75) is 43.2 Å². The summed E-state index contributed by atoms with van der Waals surface area (Å²) in [7, 11) is -3.85. The molecule has 1 fully saturated rings. The van der Waals surface area contributed by atoms with Crippen LogP contribution < -0.4 is 15.4 Å². The quantitative estimate of drug-likeness (QED) is 0.453. The average molecular weight is 464 g/mol. The van der Waals surface area contributed by atoms with Crippen LogP contribution in [0.3, 0.4) is 0 Å². The SMILES string of the molecule is CC(C)(CO)NS(=O)(=O)c1ccc(NC(=O)[C@@H](NC(=O)c2ccc(F)cc2)C2CC2)cc1. The summed E-state index contributed by atoms with van der Waals surface area (Å²) in [6.07, 6.45) is 1.59. The molecule has 0 spiro atoms. The minimum atomic E-state index is -3.85. The molecule has 0 heterocycles. The molecule has 10 heteroatoms. The van der Waals surface area contributed by atoms with Crippen molar-refractivity contribution in [1.29, 1.82) is 0 Å². The van der Waals surface area contributed by atoms with Gasteiger partial charge in [-0.2, -0.15) is 0 Å². The smallest absolute Gasteiger partial charge is 0.251 e. The van der Waals surface area contributed by atoms with E-state index in [1.54, 1.807) is 13.8 Å². The second-order valence-corrected chi connectivity index (χ2v) is 10.1. The number of carbonyl (C=O) groups excluding carboxylic acids is 2. The number of rotatable bonds is 9. The van der Waals surface area contributed by atoms with E-state index in [2.05, 4.69) is 15.4 Å². The number of nitrogens with one attached hydrogen (secondary N) is 3. The lowest BCUT2D eigenvalue weighted by atomic mass is 10.1. The summed E-state index contributed by atoms with van der Waals surface area (Å²) < 4.78 is 40.4. The van der Waals surface area contributed by atoms with Crippen molar-refractivity contribution in [2.24, 2.45) is 5.92 Å². The summed E-state index contributed by atoms with van der Waals surface area (Å²) >= 11 is 0. The first-order valence-corrected chi connectivity index (χ1v) is 11.6. The number of anilines is 1. The van der Waals surface area contributed by atoms with Gasteiger partial charge in [-0.1, -0.05) is 0 Å². The van der Waals surface area contributed by atoms with E-state index in [4.69, 9.17) is 0 Å². The highest BCUT2D eigenvalue weighted by Crippen LogP contribution is 2.33. The highest BCUT2D eigenvalue weighted by Gasteiger charge is 2.37. The van der Waals surface area contributed by atoms with Gasteiger partial charge >= 0.3 is 0 Å². The maximum Gasteiger partial charge on any atom is 0.251 e. The van der Waals surface area contributed by atoms with Crippen LogP contribution in [0.25, 0.3) is 0 Å². The third-order valence-electron chi connectivity index (χ3n) is 5.01. The van der Waals surface area contributed by atoms with E-state index in [0.717, 1.165) is 12.8 Å². The molecule has 0 saturated heterocycles. The summed E-state index contributed by atoms with van der Waals surface area (Å²) in [4.78, 5) is 25.2. The zero-order valence-corrected chi connectivity index (χ0v) is 18.6. The van der Waals surface area contributed by atoms with Crippen molar-refractivity contribution >= 4 is 27.5 Å². The molecule has 2 amide bonds. The summed E-state index contributed by atoms with van der Waals surface area (Å²) in [5.41, 5.74) is -0.402. The monoisotopic (exact) mass is 463 g/mol. The van der Waals surface area contributed by atoms with Crippen molar-refractivity contribution < 1.29 is 27.5 Å². The standard InChI is InChI=1S/C22H26FN3O5S/c1-22(2,13-27)26-32(30,31)18-11-9-17(10-12-18)24-21(29)19(14-3-4-14)25-20(28)15-5-7-16(23)8-6-15/h5-12,14,19,26-27H,3-4,13H2,1-2H3,(H,24,29)(H,25,28)/t19-/m0/s1. The van der Waals surface area contributed by atoms with Gasteiger partial charge in [0.15, 0.2) is 0 Å². The molecule has 0 unspecified atom stereocenters. The maximum absolute atomic E-state index is 13.1. The van der Waals surface area contributed by atoms with Crippen LogP contribution >= 0.6 is 0 Å². The zero-order chi connectivity index (χ0) is 23.5. The van der Waals surface area contributed by atoms with Gasteiger partial charge in [0.05, 0.1) is 17.0 Å². The lowest BCUT2D eigenvalue weighted by Crippen LogP contribution is -2.46. The van der Waals surface area contributed by atoms with Crippen LogP contribution in [0.5, 0.6) is 0 Å². The first-order chi connectivity index (χ1) is 15.0. The Morgan fingerprint density at radius 1 is 1.09 bits per heavy atom. The van der Waals surface area contributed by atoms with Crippen LogP contribution in [0.4, 0.5) is 10.1 Å². The molecule has 172 valence electrons. The molecule has 0 aliphatic heterocycles. The number of carbonyl (C=O) groups is 2. The first kappa shape index (κ1) is 23.8. The molecule has 1 atom stereocenters. The lowest BCUT2D eigenvalue weighted by Gasteiger charge is -2.23. The van der Waals surface area contributed by atoms with Gasteiger partial charge in [-0.3, -0.25) is 9.59 Å². The van der Waals surface area contributed by atoms with Gasteiger partial charge in [0, 0.05) is 11.3 Å². The first-order valence-electron chi connectivity index (χ1n) is 10.1. The van der Waals surface area contributed by atoms with Crippen molar-refractivity contribution in [3.63, 3.8) is 0 Å². The van der Waals surface area contributed by atoms with Crippen LogP contribution in [0.15, 0.2) is 53.4 Å². The minimum Gasteiger partial charge on any atom is -0.394 e. The molecule has 1 aliphatic carbocycles. The predicted molar refractivity (Wildman–Crippen MR) is 117 cm³/mol. The Balaban J connectivity index is 1.67. The zero-order valence-electron chi connectivity index (χ0n) is 17.8. The molecule has 2 aromatic carbocycles. The van der Waals surface area contributed by atoms with Crippen LogP contribution in [0, 0.1) is 11.7 Å². The number of aliphatic hydroxyl groups excluding tert-OH is 1. The molecular weight excluding hydrogens is 437 g/mol. The molecule has 8 nitrogen and oxygen atoms in total. The van der Waals surface area contributed by atoms with E-state index in [1.807, 2.05) is 0 Å². The molecular formula is C22H26FN3O5S. The van der Waals surface area contributed by atoms with E-state index in [9.17, 15) is 27.5 Å². The largest absolute Gasteiger partial charge is 0.394 e. The second kappa shape index (κ2) is 9.35. The topological polar surface area (TPSA) is 125 Å².